The Labute approximate surface area is 177 Å². The van der Waals surface area contributed by atoms with Crippen LogP contribution in [0.4, 0.5) is 5.69 Å². The van der Waals surface area contributed by atoms with Gasteiger partial charge in [0.05, 0.1) is 18.2 Å². The number of pyridine rings is 1. The number of fused-ring (bicyclic) bond motifs is 1. The molecule has 1 amide bonds. The molecule has 0 N–H and O–H groups in total. The highest BCUT2D eigenvalue weighted by atomic mass is 79.9. The fraction of sp³-hybridized carbons (Fsp3) is 0.238. The van der Waals surface area contributed by atoms with Gasteiger partial charge < -0.3 is 14.5 Å². The highest BCUT2D eigenvalue weighted by molar-refractivity contribution is 9.10. The van der Waals surface area contributed by atoms with Gasteiger partial charge in [-0.3, -0.25) is 9.78 Å². The molecular weight excluding hydrogens is 442 g/mol. The number of halogens is 2. The summed E-state index contributed by atoms with van der Waals surface area (Å²) in [6.07, 6.45) is 1.80. The zero-order valence-corrected chi connectivity index (χ0v) is 17.7. The van der Waals surface area contributed by atoms with Gasteiger partial charge in [0.2, 0.25) is 0 Å². The zero-order valence-electron chi connectivity index (χ0n) is 15.4. The SMILES string of the molecule is COc1ccc(Br)c(C(=O)N2CCN(c3ccnc4cc(Cl)ccc34)CC2)c1. The average Bonchev–Trinajstić information content (AvgIpc) is 2.73. The van der Waals surface area contributed by atoms with Crippen LogP contribution < -0.4 is 9.64 Å². The van der Waals surface area contributed by atoms with E-state index >= 15 is 0 Å². The maximum Gasteiger partial charge on any atom is 0.255 e. The van der Waals surface area contributed by atoms with Crippen molar-refractivity contribution in [2.75, 3.05) is 38.2 Å². The second-order valence-corrected chi connectivity index (χ2v) is 7.91. The lowest BCUT2D eigenvalue weighted by molar-refractivity contribution is 0.0745. The molecule has 0 bridgehead atoms. The van der Waals surface area contributed by atoms with Gasteiger partial charge in [0, 0.05) is 52.9 Å². The van der Waals surface area contributed by atoms with E-state index in [9.17, 15) is 4.79 Å². The first-order chi connectivity index (χ1) is 13.6. The van der Waals surface area contributed by atoms with Crippen molar-refractivity contribution in [1.29, 1.82) is 0 Å². The molecule has 1 aliphatic rings. The number of rotatable bonds is 3. The Hall–Kier alpha value is -2.31. The number of amides is 1. The van der Waals surface area contributed by atoms with Gasteiger partial charge in [-0.1, -0.05) is 11.6 Å². The van der Waals surface area contributed by atoms with Crippen LogP contribution in [0.5, 0.6) is 5.75 Å². The molecule has 7 heteroatoms. The number of anilines is 1. The normalized spacial score (nSPS) is 14.4. The number of hydrogen-bond acceptors (Lipinski definition) is 4. The largest absolute Gasteiger partial charge is 0.497 e. The van der Waals surface area contributed by atoms with E-state index in [4.69, 9.17) is 16.3 Å². The molecule has 1 fully saturated rings. The lowest BCUT2D eigenvalue weighted by Crippen LogP contribution is -2.49. The van der Waals surface area contributed by atoms with Crippen molar-refractivity contribution >= 4 is 50.0 Å². The number of carbonyl (C=O) groups excluding carboxylic acids is 1. The number of carbonyl (C=O) groups is 1. The van der Waals surface area contributed by atoms with Gasteiger partial charge in [-0.05, 0) is 58.4 Å². The summed E-state index contributed by atoms with van der Waals surface area (Å²) in [4.78, 5) is 21.6. The molecule has 28 heavy (non-hydrogen) atoms. The van der Waals surface area contributed by atoms with Gasteiger partial charge in [0.25, 0.3) is 5.91 Å². The predicted octanol–water partition coefficient (Wildman–Crippen LogP) is 4.62. The van der Waals surface area contributed by atoms with Crippen molar-refractivity contribution in [1.82, 2.24) is 9.88 Å². The molecule has 0 saturated carbocycles. The van der Waals surface area contributed by atoms with Gasteiger partial charge in [0.15, 0.2) is 0 Å². The summed E-state index contributed by atoms with van der Waals surface area (Å²) in [5, 5.41) is 1.75. The maximum atomic E-state index is 13.0. The Bertz CT molecular complexity index is 1040. The molecule has 0 unspecified atom stereocenters. The highest BCUT2D eigenvalue weighted by Crippen LogP contribution is 2.29. The van der Waals surface area contributed by atoms with Gasteiger partial charge in [0.1, 0.15) is 5.75 Å². The van der Waals surface area contributed by atoms with Crippen LogP contribution >= 0.6 is 27.5 Å². The number of methoxy groups -OCH3 is 1. The summed E-state index contributed by atoms with van der Waals surface area (Å²) in [6, 6.07) is 13.2. The van der Waals surface area contributed by atoms with Gasteiger partial charge in [-0.2, -0.15) is 0 Å². The van der Waals surface area contributed by atoms with E-state index in [-0.39, 0.29) is 5.91 Å². The van der Waals surface area contributed by atoms with Crippen LogP contribution in [-0.2, 0) is 0 Å². The van der Waals surface area contributed by atoms with Crippen LogP contribution in [0.25, 0.3) is 10.9 Å². The van der Waals surface area contributed by atoms with E-state index in [2.05, 4.69) is 25.8 Å². The number of ether oxygens (including phenoxy) is 1. The Kier molecular flexibility index (Phi) is 5.42. The predicted molar refractivity (Wildman–Crippen MR) is 116 cm³/mol. The van der Waals surface area contributed by atoms with E-state index in [1.807, 2.05) is 41.3 Å². The first-order valence-electron chi connectivity index (χ1n) is 8.99. The standard InChI is InChI=1S/C21H19BrClN3O2/c1-28-15-3-5-18(22)17(13-15)21(27)26-10-8-25(9-11-26)20-6-7-24-19-12-14(23)2-4-16(19)20/h2-7,12-13H,8-11H2,1H3. The van der Waals surface area contributed by atoms with Crippen molar-refractivity contribution < 1.29 is 9.53 Å². The van der Waals surface area contributed by atoms with E-state index in [0.29, 0.717) is 29.4 Å². The van der Waals surface area contributed by atoms with Gasteiger partial charge in [-0.15, -0.1) is 0 Å². The molecule has 2 heterocycles. The maximum absolute atomic E-state index is 13.0. The molecule has 4 rings (SSSR count). The number of aromatic nitrogens is 1. The molecule has 144 valence electrons. The summed E-state index contributed by atoms with van der Waals surface area (Å²) in [7, 11) is 1.60. The third kappa shape index (κ3) is 3.66. The first-order valence-corrected chi connectivity index (χ1v) is 10.2. The molecular formula is C21H19BrClN3O2. The van der Waals surface area contributed by atoms with Crippen molar-refractivity contribution in [3.63, 3.8) is 0 Å². The summed E-state index contributed by atoms with van der Waals surface area (Å²) in [6.45, 7) is 2.82. The van der Waals surface area contributed by atoms with Crippen LogP contribution in [0.3, 0.4) is 0 Å². The quantitative estimate of drug-likeness (QED) is 0.572. The van der Waals surface area contributed by atoms with Crippen LogP contribution in [0.1, 0.15) is 10.4 Å². The molecule has 0 spiro atoms. The Morgan fingerprint density at radius 2 is 1.89 bits per heavy atom. The second kappa shape index (κ2) is 7.97. The summed E-state index contributed by atoms with van der Waals surface area (Å²) >= 11 is 9.57. The zero-order chi connectivity index (χ0) is 19.7. The number of nitrogens with zero attached hydrogens (tertiary/aromatic N) is 3. The highest BCUT2D eigenvalue weighted by Gasteiger charge is 2.25. The minimum atomic E-state index is 0.0109. The van der Waals surface area contributed by atoms with Crippen LogP contribution in [0, 0.1) is 0 Å². The first kappa shape index (κ1) is 19.0. The van der Waals surface area contributed by atoms with Crippen LogP contribution in [0.2, 0.25) is 5.02 Å². The monoisotopic (exact) mass is 459 g/mol. The lowest BCUT2D eigenvalue weighted by Gasteiger charge is -2.36. The summed E-state index contributed by atoms with van der Waals surface area (Å²) < 4.78 is 6.03. The minimum absolute atomic E-state index is 0.0109. The Balaban J connectivity index is 1.52. The molecule has 0 aliphatic carbocycles. The number of benzene rings is 2. The fourth-order valence-corrected chi connectivity index (χ4v) is 4.08. The van der Waals surface area contributed by atoms with Crippen molar-refractivity contribution in [2.45, 2.75) is 0 Å². The van der Waals surface area contributed by atoms with Crippen LogP contribution in [0.15, 0.2) is 53.1 Å². The van der Waals surface area contributed by atoms with E-state index in [0.717, 1.165) is 34.2 Å². The number of piperazine rings is 1. The smallest absolute Gasteiger partial charge is 0.255 e. The third-order valence-electron chi connectivity index (χ3n) is 4.99. The lowest BCUT2D eigenvalue weighted by atomic mass is 10.1. The van der Waals surface area contributed by atoms with E-state index in [1.54, 1.807) is 19.4 Å². The Morgan fingerprint density at radius 1 is 1.11 bits per heavy atom. The fourth-order valence-electron chi connectivity index (χ4n) is 3.50. The van der Waals surface area contributed by atoms with E-state index in [1.165, 1.54) is 0 Å². The molecule has 2 aromatic carbocycles. The number of hydrogen-bond donors (Lipinski definition) is 0. The molecule has 1 aliphatic heterocycles. The van der Waals surface area contributed by atoms with Gasteiger partial charge in [-0.25, -0.2) is 0 Å². The topological polar surface area (TPSA) is 45.7 Å². The van der Waals surface area contributed by atoms with E-state index < -0.39 is 0 Å². The van der Waals surface area contributed by atoms with Crippen molar-refractivity contribution in [3.8, 4) is 5.75 Å². The average molecular weight is 461 g/mol. The molecule has 1 saturated heterocycles. The molecule has 5 nitrogen and oxygen atoms in total. The molecule has 0 radical (unpaired) electrons. The summed E-state index contributed by atoms with van der Waals surface area (Å²) in [5.41, 5.74) is 2.62. The molecule has 0 atom stereocenters. The van der Waals surface area contributed by atoms with Crippen molar-refractivity contribution in [2.24, 2.45) is 0 Å². The minimum Gasteiger partial charge on any atom is -0.497 e. The van der Waals surface area contributed by atoms with Gasteiger partial charge >= 0.3 is 0 Å². The molecule has 1 aromatic heterocycles. The third-order valence-corrected chi connectivity index (χ3v) is 5.92. The summed E-state index contributed by atoms with van der Waals surface area (Å²) in [5.74, 6) is 0.684. The molecule has 3 aromatic rings. The van der Waals surface area contributed by atoms with Crippen LogP contribution in [-0.4, -0.2) is 49.1 Å². The second-order valence-electron chi connectivity index (χ2n) is 6.62. The van der Waals surface area contributed by atoms with Crippen molar-refractivity contribution in [3.05, 3.63) is 63.7 Å². The Morgan fingerprint density at radius 3 is 2.64 bits per heavy atom.